The first-order chi connectivity index (χ1) is 30.2. The second-order valence-electron chi connectivity index (χ2n) is 16.5. The van der Waals surface area contributed by atoms with Crippen molar-refractivity contribution >= 4 is 33.4 Å². The van der Waals surface area contributed by atoms with E-state index in [1.54, 1.807) is 30.3 Å². The first-order valence-corrected chi connectivity index (χ1v) is 21.0. The van der Waals surface area contributed by atoms with Crippen molar-refractivity contribution in [1.82, 2.24) is 9.97 Å². The fraction of sp³-hybridized carbons (Fsp3) is 0.143. The lowest BCUT2D eigenvalue weighted by Gasteiger charge is -2.10. The van der Waals surface area contributed by atoms with Crippen molar-refractivity contribution in [2.24, 2.45) is 0 Å². The van der Waals surface area contributed by atoms with Crippen LogP contribution in [-0.4, -0.2) is 36.9 Å². The molecule has 0 spiro atoms. The molecule has 0 unspecified atom stereocenters. The van der Waals surface area contributed by atoms with E-state index >= 15 is 0 Å². The quantitative estimate of drug-likeness (QED) is 0.0975. The van der Waals surface area contributed by atoms with Gasteiger partial charge >= 0.3 is 0 Å². The SMILES string of the molecule is Cc1ccc(-c2cc3cc(C)c(O)cc3[nH]2)cc1.Cc1ccc(-c2cc3ccc(C)cc3[nH]2)cc1.Cc1cccc(C(=O)Cc2cc(CC(=O)c3cccc(C)c3)c(O)cc2O)c1. The van der Waals surface area contributed by atoms with Gasteiger partial charge in [0.05, 0.1) is 0 Å². The van der Waals surface area contributed by atoms with Gasteiger partial charge in [-0.1, -0.05) is 119 Å². The molecule has 0 aliphatic rings. The molecule has 0 aliphatic carbocycles. The molecule has 0 saturated carbocycles. The molecule has 0 bridgehead atoms. The van der Waals surface area contributed by atoms with Gasteiger partial charge in [0.25, 0.3) is 0 Å². The third-order valence-electron chi connectivity index (χ3n) is 11.1. The standard InChI is InChI=1S/C24H22O4.C16H15NO.C16H15N/c1-15-5-3-7-17(9-15)21(25)12-19-11-20(24(28)14-23(19)27)13-22(26)18-8-4-6-16(2)10-18;1-10-3-5-12(6-4-10)14-8-13-7-11(2)16(18)9-15(13)17-14;1-11-3-6-13(7-4-11)16-10-14-8-5-12(2)9-15(14)17-16/h3-11,14,27-28H,12-13H2,1-2H3;3-9,17-18H,1-2H3;3-10,17H,1-2H3. The second-order valence-corrected chi connectivity index (χ2v) is 16.5. The predicted octanol–water partition coefficient (Wildman–Crippen LogP) is 13.2. The minimum absolute atomic E-state index is 0.0127. The van der Waals surface area contributed by atoms with E-state index in [1.807, 2.05) is 51.1 Å². The summed E-state index contributed by atoms with van der Waals surface area (Å²) in [5.41, 5.74) is 15.4. The van der Waals surface area contributed by atoms with Crippen molar-refractivity contribution in [1.29, 1.82) is 0 Å². The van der Waals surface area contributed by atoms with Crippen LogP contribution >= 0.6 is 0 Å². The van der Waals surface area contributed by atoms with Gasteiger partial charge in [0.1, 0.15) is 17.2 Å². The first-order valence-electron chi connectivity index (χ1n) is 21.0. The van der Waals surface area contributed by atoms with E-state index < -0.39 is 0 Å². The van der Waals surface area contributed by atoms with Gasteiger partial charge in [-0.3, -0.25) is 9.59 Å². The monoisotopic (exact) mass is 832 g/mol. The summed E-state index contributed by atoms with van der Waals surface area (Å²) in [7, 11) is 0. The molecular formula is C56H52N2O5. The Hall–Kier alpha value is -7.64. The summed E-state index contributed by atoms with van der Waals surface area (Å²) in [6.07, 6.45) is -0.0254. The van der Waals surface area contributed by atoms with Crippen molar-refractivity contribution in [2.75, 3.05) is 0 Å². The molecule has 2 heterocycles. The summed E-state index contributed by atoms with van der Waals surface area (Å²) in [4.78, 5) is 31.9. The summed E-state index contributed by atoms with van der Waals surface area (Å²) >= 11 is 0. The molecule has 0 saturated heterocycles. The number of aryl methyl sites for hydroxylation is 6. The number of fused-ring (bicyclic) bond motifs is 2. The molecular weight excluding hydrogens is 781 g/mol. The minimum Gasteiger partial charge on any atom is -0.508 e. The van der Waals surface area contributed by atoms with Gasteiger partial charge in [0.2, 0.25) is 0 Å². The van der Waals surface area contributed by atoms with Crippen molar-refractivity contribution in [3.8, 4) is 39.8 Å². The number of H-pyrrole nitrogens is 2. The number of nitrogens with one attached hydrogen (secondary N) is 2. The maximum atomic E-state index is 12.6. The van der Waals surface area contributed by atoms with Gasteiger partial charge in [0.15, 0.2) is 11.6 Å². The van der Waals surface area contributed by atoms with Crippen LogP contribution < -0.4 is 0 Å². The Bertz CT molecular complexity index is 2960. The topological polar surface area (TPSA) is 126 Å². The van der Waals surface area contributed by atoms with Crippen LogP contribution in [0.2, 0.25) is 0 Å². The molecule has 0 fully saturated rings. The van der Waals surface area contributed by atoms with Gasteiger partial charge in [-0.25, -0.2) is 0 Å². The van der Waals surface area contributed by atoms with E-state index in [-0.39, 0.29) is 35.9 Å². The van der Waals surface area contributed by atoms with Crippen LogP contribution in [0, 0.1) is 41.5 Å². The van der Waals surface area contributed by atoms with Crippen LogP contribution in [-0.2, 0) is 12.8 Å². The van der Waals surface area contributed by atoms with E-state index in [0.29, 0.717) is 28.0 Å². The number of hydrogen-bond acceptors (Lipinski definition) is 5. The number of phenolic OH excluding ortho intramolecular Hbond substituents is 3. The zero-order chi connectivity index (χ0) is 44.8. The number of hydrogen-bond donors (Lipinski definition) is 5. The number of ketones is 2. The Morgan fingerprint density at radius 2 is 0.857 bits per heavy atom. The van der Waals surface area contributed by atoms with Gasteiger partial charge < -0.3 is 25.3 Å². The summed E-state index contributed by atoms with van der Waals surface area (Å²) < 4.78 is 0. The van der Waals surface area contributed by atoms with E-state index in [0.717, 1.165) is 38.9 Å². The molecule has 9 rings (SSSR count). The van der Waals surface area contributed by atoms with Crippen LogP contribution in [0.1, 0.15) is 65.2 Å². The number of phenols is 3. The molecule has 9 aromatic rings. The molecule has 316 valence electrons. The maximum Gasteiger partial charge on any atom is 0.167 e. The third-order valence-corrected chi connectivity index (χ3v) is 11.1. The molecule has 63 heavy (non-hydrogen) atoms. The Morgan fingerprint density at radius 3 is 1.35 bits per heavy atom. The highest BCUT2D eigenvalue weighted by Gasteiger charge is 2.17. The molecule has 7 aromatic carbocycles. The Morgan fingerprint density at radius 1 is 0.413 bits per heavy atom. The van der Waals surface area contributed by atoms with Gasteiger partial charge in [0, 0.05) is 80.4 Å². The smallest absolute Gasteiger partial charge is 0.167 e. The van der Waals surface area contributed by atoms with Crippen LogP contribution in [0.3, 0.4) is 0 Å². The lowest BCUT2D eigenvalue weighted by Crippen LogP contribution is -2.07. The number of aromatic hydroxyl groups is 3. The number of carbonyl (C=O) groups excluding carboxylic acids is 2. The summed E-state index contributed by atoms with van der Waals surface area (Å²) in [5.74, 6) is -0.267. The molecule has 5 N–H and O–H groups in total. The van der Waals surface area contributed by atoms with E-state index in [2.05, 4.69) is 110 Å². The van der Waals surface area contributed by atoms with Crippen LogP contribution in [0.4, 0.5) is 0 Å². The fourth-order valence-corrected chi connectivity index (χ4v) is 7.44. The van der Waals surface area contributed by atoms with Crippen LogP contribution in [0.5, 0.6) is 17.2 Å². The number of rotatable bonds is 8. The minimum atomic E-state index is -0.162. The molecule has 0 amide bonds. The Kier molecular flexibility index (Phi) is 13.1. The largest absolute Gasteiger partial charge is 0.508 e. The van der Waals surface area contributed by atoms with Crippen molar-refractivity contribution in [3.63, 3.8) is 0 Å². The lowest BCUT2D eigenvalue weighted by molar-refractivity contribution is 0.0986. The van der Waals surface area contributed by atoms with Gasteiger partial charge in [-0.2, -0.15) is 0 Å². The zero-order valence-electron chi connectivity index (χ0n) is 36.5. The lowest BCUT2D eigenvalue weighted by atomic mass is 9.96. The average Bonchev–Trinajstić information content (AvgIpc) is 3.87. The maximum absolute atomic E-state index is 12.6. The highest BCUT2D eigenvalue weighted by atomic mass is 16.3. The van der Waals surface area contributed by atoms with E-state index in [1.165, 1.54) is 51.0 Å². The number of benzene rings is 7. The average molecular weight is 833 g/mol. The molecule has 0 aliphatic heterocycles. The van der Waals surface area contributed by atoms with E-state index in [4.69, 9.17) is 0 Å². The molecule has 0 atom stereocenters. The van der Waals surface area contributed by atoms with Crippen molar-refractivity contribution in [3.05, 3.63) is 207 Å². The van der Waals surface area contributed by atoms with Gasteiger partial charge in [-0.15, -0.1) is 0 Å². The highest BCUT2D eigenvalue weighted by molar-refractivity contribution is 5.99. The number of Topliss-reactive ketones (excluding diaryl/α,β-unsaturated/α-hetero) is 2. The van der Waals surface area contributed by atoms with Crippen molar-refractivity contribution < 1.29 is 24.9 Å². The second kappa shape index (κ2) is 19.0. The fourth-order valence-electron chi connectivity index (χ4n) is 7.44. The van der Waals surface area contributed by atoms with Gasteiger partial charge in [-0.05, 0) is 106 Å². The summed E-state index contributed by atoms with van der Waals surface area (Å²) in [5, 5.41) is 32.4. The van der Waals surface area contributed by atoms with E-state index in [9.17, 15) is 24.9 Å². The first kappa shape index (κ1) is 43.4. The molecule has 2 aromatic heterocycles. The number of aromatic amines is 2. The molecule has 0 radical (unpaired) electrons. The Balaban J connectivity index is 0.000000148. The summed E-state index contributed by atoms with van der Waals surface area (Å²) in [6.45, 7) is 12.0. The summed E-state index contributed by atoms with van der Waals surface area (Å²) in [6, 6.07) is 48.8. The van der Waals surface area contributed by atoms with Crippen molar-refractivity contribution in [2.45, 2.75) is 54.4 Å². The normalized spacial score (nSPS) is 10.8. The van der Waals surface area contributed by atoms with Crippen LogP contribution in [0.25, 0.3) is 44.3 Å². The molecule has 7 nitrogen and oxygen atoms in total. The van der Waals surface area contributed by atoms with Crippen LogP contribution in [0.15, 0.2) is 152 Å². The zero-order valence-corrected chi connectivity index (χ0v) is 36.5. The molecule has 7 heteroatoms. The highest BCUT2D eigenvalue weighted by Crippen LogP contribution is 2.31. The number of carbonyl (C=O) groups is 2. The number of aromatic nitrogens is 2. The Labute approximate surface area is 368 Å². The third kappa shape index (κ3) is 10.8. The predicted molar refractivity (Wildman–Crippen MR) is 256 cm³/mol.